The van der Waals surface area contributed by atoms with Crippen molar-refractivity contribution >= 4 is 34.6 Å². The zero-order valence-electron chi connectivity index (χ0n) is 11.6. The molecule has 1 heterocycles. The number of thiocarbonyl (C=S) groups is 1. The molecule has 106 valence electrons. The molecule has 0 N–H and O–H groups in total. The summed E-state index contributed by atoms with van der Waals surface area (Å²) >= 11 is 5.42. The number of Topliss-reactive ketones (excluding diaryl/α,β-unsaturated/α-hetero) is 1. The molecule has 0 saturated carbocycles. The van der Waals surface area contributed by atoms with Crippen molar-refractivity contribution in [3.63, 3.8) is 0 Å². The summed E-state index contributed by atoms with van der Waals surface area (Å²) in [5, 5.41) is 0. The third-order valence-corrected chi connectivity index (χ3v) is 3.81. The first-order valence-electron chi connectivity index (χ1n) is 6.52. The van der Waals surface area contributed by atoms with Crippen LogP contribution in [-0.4, -0.2) is 29.9 Å². The van der Waals surface area contributed by atoms with Gasteiger partial charge < -0.3 is 14.4 Å². The van der Waals surface area contributed by atoms with Crippen LogP contribution in [0.1, 0.15) is 25.3 Å². The van der Waals surface area contributed by atoms with Crippen molar-refractivity contribution in [2.24, 2.45) is 0 Å². The van der Waals surface area contributed by atoms with Gasteiger partial charge in [0.1, 0.15) is 11.8 Å². The zero-order chi connectivity index (χ0) is 14.7. The van der Waals surface area contributed by atoms with Gasteiger partial charge in [-0.05, 0) is 18.6 Å². The highest BCUT2D eigenvalue weighted by atomic mass is 32.1. The number of esters is 1. The summed E-state index contributed by atoms with van der Waals surface area (Å²) in [5.41, 5.74) is 2.02. The molecule has 0 saturated heterocycles. The zero-order valence-corrected chi connectivity index (χ0v) is 12.4. The molecule has 5 heteroatoms. The molecule has 0 aliphatic carbocycles. The van der Waals surface area contributed by atoms with E-state index in [1.807, 2.05) is 29.2 Å². The van der Waals surface area contributed by atoms with E-state index in [4.69, 9.17) is 17.0 Å². The maximum Gasteiger partial charge on any atom is 0.329 e. The first-order valence-corrected chi connectivity index (χ1v) is 6.92. The van der Waals surface area contributed by atoms with Crippen LogP contribution < -0.4 is 4.90 Å². The molecule has 1 aromatic rings. The second kappa shape index (κ2) is 6.13. The highest BCUT2D eigenvalue weighted by molar-refractivity contribution is 7.80. The summed E-state index contributed by atoms with van der Waals surface area (Å²) in [6.07, 6.45) is 1.46. The largest absolute Gasteiger partial charge is 0.467 e. The van der Waals surface area contributed by atoms with E-state index >= 15 is 0 Å². The number of rotatable bonds is 4. The Hall–Kier alpha value is -1.75. The van der Waals surface area contributed by atoms with Crippen LogP contribution in [0.4, 0.5) is 5.69 Å². The van der Waals surface area contributed by atoms with Gasteiger partial charge in [0.15, 0.2) is 0 Å². The fraction of sp³-hybridized carbons (Fsp3) is 0.400. The number of anilines is 1. The minimum atomic E-state index is -0.420. The second-order valence-corrected chi connectivity index (χ2v) is 5.31. The van der Waals surface area contributed by atoms with Crippen LogP contribution in [-0.2, 0) is 20.7 Å². The van der Waals surface area contributed by atoms with E-state index in [9.17, 15) is 9.59 Å². The topological polar surface area (TPSA) is 46.6 Å². The normalized spacial score (nSPS) is 16.7. The Morgan fingerprint density at radius 3 is 2.70 bits per heavy atom. The highest BCUT2D eigenvalue weighted by Gasteiger charge is 2.36. The van der Waals surface area contributed by atoms with Gasteiger partial charge in [-0.2, -0.15) is 0 Å². The van der Waals surface area contributed by atoms with Crippen LogP contribution in [0.3, 0.4) is 0 Å². The third-order valence-electron chi connectivity index (χ3n) is 3.41. The number of hydrogen-bond donors (Lipinski definition) is 0. The van der Waals surface area contributed by atoms with Crippen LogP contribution in [0.25, 0.3) is 0 Å². The van der Waals surface area contributed by atoms with E-state index in [-0.39, 0.29) is 11.8 Å². The quantitative estimate of drug-likeness (QED) is 0.629. The minimum absolute atomic E-state index is 0.0921. The lowest BCUT2D eigenvalue weighted by Crippen LogP contribution is -2.42. The third kappa shape index (κ3) is 2.88. The van der Waals surface area contributed by atoms with E-state index in [1.165, 1.54) is 7.11 Å². The number of ether oxygens (including phenoxy) is 1. The first-order chi connectivity index (χ1) is 9.54. The molecule has 4 nitrogen and oxygen atoms in total. The summed E-state index contributed by atoms with van der Waals surface area (Å²) in [7, 11) is 1.38. The Kier molecular flexibility index (Phi) is 4.49. The molecule has 1 atom stereocenters. The monoisotopic (exact) mass is 291 g/mol. The van der Waals surface area contributed by atoms with Crippen molar-refractivity contribution in [1.82, 2.24) is 0 Å². The average Bonchev–Trinajstić information content (AvgIpc) is 2.83. The number of para-hydroxylation sites is 1. The van der Waals surface area contributed by atoms with Gasteiger partial charge in [0, 0.05) is 24.9 Å². The van der Waals surface area contributed by atoms with Crippen molar-refractivity contribution in [3.8, 4) is 0 Å². The lowest BCUT2D eigenvalue weighted by Gasteiger charge is -2.26. The van der Waals surface area contributed by atoms with E-state index in [0.29, 0.717) is 24.3 Å². The molecule has 0 spiro atoms. The molecule has 1 unspecified atom stereocenters. The Labute approximate surface area is 123 Å². The molecule has 2 rings (SSSR count). The van der Waals surface area contributed by atoms with E-state index in [2.05, 4.69) is 0 Å². The maximum absolute atomic E-state index is 11.9. The SMILES string of the molecule is COC(=O)C1Cc2ccccc2N1C(=S)CCC(C)=O. The number of carbonyl (C=O) groups excluding carboxylic acids is 2. The Bertz CT molecular complexity index is 556. The molecule has 1 aliphatic rings. The lowest BCUT2D eigenvalue weighted by atomic mass is 10.1. The number of carbonyl (C=O) groups is 2. The Morgan fingerprint density at radius 1 is 1.35 bits per heavy atom. The molecule has 0 amide bonds. The Morgan fingerprint density at radius 2 is 2.05 bits per heavy atom. The standard InChI is InChI=1S/C15H17NO3S/c1-10(17)7-8-14(20)16-12-6-4-3-5-11(12)9-13(16)15(18)19-2/h3-6,13H,7-9H2,1-2H3. The van der Waals surface area contributed by atoms with E-state index in [0.717, 1.165) is 11.3 Å². The van der Waals surface area contributed by atoms with Gasteiger partial charge in [-0.1, -0.05) is 30.4 Å². The molecular weight excluding hydrogens is 274 g/mol. The van der Waals surface area contributed by atoms with Crippen LogP contribution in [0.15, 0.2) is 24.3 Å². The van der Waals surface area contributed by atoms with Gasteiger partial charge >= 0.3 is 5.97 Å². The van der Waals surface area contributed by atoms with Crippen molar-refractivity contribution in [2.45, 2.75) is 32.2 Å². The van der Waals surface area contributed by atoms with Crippen molar-refractivity contribution in [2.75, 3.05) is 12.0 Å². The van der Waals surface area contributed by atoms with Gasteiger partial charge in [0.05, 0.1) is 12.1 Å². The first kappa shape index (κ1) is 14.7. The lowest BCUT2D eigenvalue weighted by molar-refractivity contribution is -0.141. The predicted molar refractivity (Wildman–Crippen MR) is 80.9 cm³/mol. The Balaban J connectivity index is 2.27. The summed E-state index contributed by atoms with van der Waals surface area (Å²) in [6, 6.07) is 7.36. The molecule has 0 fully saturated rings. The molecule has 0 radical (unpaired) electrons. The van der Waals surface area contributed by atoms with Gasteiger partial charge in [-0.3, -0.25) is 0 Å². The summed E-state index contributed by atoms with van der Waals surface area (Å²) < 4.78 is 4.86. The highest BCUT2D eigenvalue weighted by Crippen LogP contribution is 2.33. The van der Waals surface area contributed by atoms with Crippen molar-refractivity contribution in [3.05, 3.63) is 29.8 Å². The summed E-state index contributed by atoms with van der Waals surface area (Å²) in [5.74, 6) is -0.208. The van der Waals surface area contributed by atoms with E-state index < -0.39 is 6.04 Å². The molecule has 0 aromatic heterocycles. The molecule has 20 heavy (non-hydrogen) atoms. The van der Waals surface area contributed by atoms with Gasteiger partial charge in [0.25, 0.3) is 0 Å². The predicted octanol–water partition coefficient (Wildman–Crippen LogP) is 2.29. The fourth-order valence-corrected chi connectivity index (χ4v) is 2.75. The second-order valence-electron chi connectivity index (χ2n) is 4.84. The van der Waals surface area contributed by atoms with Gasteiger partial charge in [0.2, 0.25) is 0 Å². The number of methoxy groups -OCH3 is 1. The summed E-state index contributed by atoms with van der Waals surface area (Å²) in [6.45, 7) is 1.54. The number of nitrogens with zero attached hydrogens (tertiary/aromatic N) is 1. The average molecular weight is 291 g/mol. The smallest absolute Gasteiger partial charge is 0.329 e. The van der Waals surface area contributed by atoms with Crippen LogP contribution in [0, 0.1) is 0 Å². The molecule has 1 aromatic carbocycles. The van der Waals surface area contributed by atoms with Crippen molar-refractivity contribution in [1.29, 1.82) is 0 Å². The summed E-state index contributed by atoms with van der Waals surface area (Å²) in [4.78, 5) is 25.5. The maximum atomic E-state index is 11.9. The van der Waals surface area contributed by atoms with E-state index in [1.54, 1.807) is 6.92 Å². The van der Waals surface area contributed by atoms with Crippen LogP contribution in [0.2, 0.25) is 0 Å². The number of hydrogen-bond acceptors (Lipinski definition) is 4. The van der Waals surface area contributed by atoms with Crippen LogP contribution >= 0.6 is 12.2 Å². The van der Waals surface area contributed by atoms with Crippen LogP contribution in [0.5, 0.6) is 0 Å². The van der Waals surface area contributed by atoms with Gasteiger partial charge in [-0.25, -0.2) is 4.79 Å². The number of fused-ring (bicyclic) bond motifs is 1. The number of ketones is 1. The molecule has 1 aliphatic heterocycles. The molecular formula is C15H17NO3S. The minimum Gasteiger partial charge on any atom is -0.467 e. The number of benzene rings is 1. The fourth-order valence-electron chi connectivity index (χ4n) is 2.42. The van der Waals surface area contributed by atoms with Crippen molar-refractivity contribution < 1.29 is 14.3 Å². The molecule has 0 bridgehead atoms. The van der Waals surface area contributed by atoms with Gasteiger partial charge in [-0.15, -0.1) is 0 Å².